The van der Waals surface area contributed by atoms with Gasteiger partial charge in [0.05, 0.1) is 23.9 Å². The van der Waals surface area contributed by atoms with Crippen LogP contribution in [-0.2, 0) is 4.74 Å². The summed E-state index contributed by atoms with van der Waals surface area (Å²) in [4.78, 5) is 11.9. The van der Waals surface area contributed by atoms with Gasteiger partial charge in [0.1, 0.15) is 11.8 Å². The van der Waals surface area contributed by atoms with Gasteiger partial charge in [0.2, 0.25) is 0 Å². The van der Waals surface area contributed by atoms with Crippen molar-refractivity contribution in [1.82, 2.24) is 19.5 Å². The van der Waals surface area contributed by atoms with Crippen molar-refractivity contribution in [3.63, 3.8) is 0 Å². The Morgan fingerprint density at radius 2 is 2.30 bits per heavy atom. The first kappa shape index (κ1) is 12.8. The molecule has 0 bridgehead atoms. The van der Waals surface area contributed by atoms with E-state index in [4.69, 9.17) is 27.9 Å². The average molecular weight is 315 g/mol. The molecule has 0 amide bonds. The Morgan fingerprint density at radius 3 is 2.95 bits per heavy atom. The second kappa shape index (κ2) is 4.27. The minimum Gasteiger partial charge on any atom is -0.394 e. The normalized spacial score (nSPS) is 36.0. The number of rotatable bonds is 2. The molecular formula is C12H12Cl2N4O2. The van der Waals surface area contributed by atoms with Crippen molar-refractivity contribution in [2.45, 2.75) is 30.0 Å². The van der Waals surface area contributed by atoms with Crippen LogP contribution in [0.1, 0.15) is 19.1 Å². The quantitative estimate of drug-likeness (QED) is 0.675. The molecule has 6 nitrogen and oxygen atoms in total. The third-order valence-corrected chi connectivity index (χ3v) is 5.30. The molecule has 3 heterocycles. The maximum Gasteiger partial charge on any atom is 0.166 e. The summed E-state index contributed by atoms with van der Waals surface area (Å²) in [6.45, 7) is -0.0298. The van der Waals surface area contributed by atoms with Gasteiger partial charge in [-0.3, -0.25) is 4.57 Å². The number of ether oxygens (including phenoxy) is 1. The molecule has 2 aromatic heterocycles. The van der Waals surface area contributed by atoms with Gasteiger partial charge in [-0.15, -0.1) is 11.6 Å². The zero-order valence-corrected chi connectivity index (χ0v) is 11.9. The number of nitrogens with zero attached hydrogens (tertiary/aromatic N) is 4. The van der Waals surface area contributed by atoms with Crippen LogP contribution in [0.3, 0.4) is 0 Å². The fourth-order valence-corrected chi connectivity index (χ4v) is 3.92. The Bertz CT molecular complexity index is 679. The van der Waals surface area contributed by atoms with Gasteiger partial charge in [0.25, 0.3) is 0 Å². The smallest absolute Gasteiger partial charge is 0.166 e. The average Bonchev–Trinajstić information content (AvgIpc) is 2.93. The van der Waals surface area contributed by atoms with Gasteiger partial charge in [-0.2, -0.15) is 0 Å². The Kier molecular flexibility index (Phi) is 2.73. The standard InChI is InChI=1S/C12H12Cl2N4O2/c13-9-8-10(16-4-15-9)18(5-17-8)11-12(14)2-1-6(12)7(3-19)20-11/h4-7,11,19H,1-3H2/t6-,7-,11-,12+/m1/s1. The Morgan fingerprint density at radius 1 is 1.45 bits per heavy atom. The molecule has 2 fully saturated rings. The number of alkyl halides is 1. The maximum absolute atomic E-state index is 9.42. The van der Waals surface area contributed by atoms with Crippen LogP contribution in [-0.4, -0.2) is 42.2 Å². The molecule has 0 radical (unpaired) electrons. The zero-order chi connectivity index (χ0) is 13.9. The first-order valence-electron chi connectivity index (χ1n) is 6.43. The van der Waals surface area contributed by atoms with Crippen LogP contribution in [0.4, 0.5) is 0 Å². The first-order chi connectivity index (χ1) is 9.65. The molecule has 4 rings (SSSR count). The van der Waals surface area contributed by atoms with Crippen LogP contribution in [0.25, 0.3) is 11.2 Å². The second-order valence-corrected chi connectivity index (χ2v) is 6.33. The molecule has 1 aliphatic carbocycles. The second-order valence-electron chi connectivity index (χ2n) is 5.27. The van der Waals surface area contributed by atoms with E-state index in [9.17, 15) is 5.11 Å². The third kappa shape index (κ3) is 1.50. The molecule has 4 atom stereocenters. The molecule has 1 N–H and O–H groups in total. The van der Waals surface area contributed by atoms with Crippen molar-refractivity contribution in [3.8, 4) is 0 Å². The van der Waals surface area contributed by atoms with Gasteiger partial charge in [-0.25, -0.2) is 15.0 Å². The lowest BCUT2D eigenvalue weighted by atomic mass is 9.71. The molecule has 8 heteroatoms. The number of halogens is 2. The predicted molar refractivity (Wildman–Crippen MR) is 72.6 cm³/mol. The van der Waals surface area contributed by atoms with Crippen molar-refractivity contribution in [2.24, 2.45) is 5.92 Å². The fourth-order valence-electron chi connectivity index (χ4n) is 3.22. The lowest BCUT2D eigenvalue weighted by Gasteiger charge is -2.42. The predicted octanol–water partition coefficient (Wildman–Crippen LogP) is 1.76. The lowest BCUT2D eigenvalue weighted by Crippen LogP contribution is -2.46. The fraction of sp³-hybridized carbons (Fsp3) is 0.583. The van der Waals surface area contributed by atoms with E-state index in [1.165, 1.54) is 6.33 Å². The summed E-state index contributed by atoms with van der Waals surface area (Å²) in [5, 5.41) is 9.72. The van der Waals surface area contributed by atoms with Crippen LogP contribution < -0.4 is 0 Å². The minimum atomic E-state index is -0.502. The van der Waals surface area contributed by atoms with E-state index in [-0.39, 0.29) is 18.6 Å². The van der Waals surface area contributed by atoms with Gasteiger partial charge in [0.15, 0.2) is 17.0 Å². The van der Waals surface area contributed by atoms with E-state index < -0.39 is 11.1 Å². The third-order valence-electron chi connectivity index (χ3n) is 4.36. The lowest BCUT2D eigenvalue weighted by molar-refractivity contribution is -0.0282. The van der Waals surface area contributed by atoms with E-state index in [1.807, 2.05) is 0 Å². The monoisotopic (exact) mass is 314 g/mol. The van der Waals surface area contributed by atoms with E-state index in [0.29, 0.717) is 16.3 Å². The highest BCUT2D eigenvalue weighted by Crippen LogP contribution is 2.59. The molecule has 1 saturated heterocycles. The van der Waals surface area contributed by atoms with Gasteiger partial charge in [0, 0.05) is 5.92 Å². The van der Waals surface area contributed by atoms with Gasteiger partial charge in [-0.1, -0.05) is 11.6 Å². The topological polar surface area (TPSA) is 73.1 Å². The van der Waals surface area contributed by atoms with Crippen LogP contribution in [0.15, 0.2) is 12.7 Å². The summed E-state index contributed by atoms with van der Waals surface area (Å²) in [5.74, 6) is 0.161. The van der Waals surface area contributed by atoms with Crippen molar-refractivity contribution >= 4 is 34.4 Å². The first-order valence-corrected chi connectivity index (χ1v) is 7.19. The van der Waals surface area contributed by atoms with Crippen LogP contribution >= 0.6 is 23.2 Å². The number of imidazole rings is 1. The maximum atomic E-state index is 9.42. The molecule has 0 aromatic carbocycles. The van der Waals surface area contributed by atoms with Gasteiger partial charge in [-0.05, 0) is 12.8 Å². The molecular weight excluding hydrogens is 303 g/mol. The molecule has 20 heavy (non-hydrogen) atoms. The van der Waals surface area contributed by atoms with Crippen molar-refractivity contribution in [1.29, 1.82) is 0 Å². The highest BCUT2D eigenvalue weighted by Gasteiger charge is 2.61. The van der Waals surface area contributed by atoms with Gasteiger partial charge < -0.3 is 9.84 Å². The van der Waals surface area contributed by atoms with Crippen molar-refractivity contribution in [3.05, 3.63) is 17.8 Å². The number of aliphatic hydroxyl groups excluding tert-OH is 1. The summed E-state index contributed by atoms with van der Waals surface area (Å²) in [6.07, 6.45) is 4.19. The van der Waals surface area contributed by atoms with Crippen molar-refractivity contribution < 1.29 is 9.84 Å². The zero-order valence-electron chi connectivity index (χ0n) is 10.4. The molecule has 2 aromatic rings. The number of hydrogen-bond donors (Lipinski definition) is 1. The highest BCUT2D eigenvalue weighted by molar-refractivity contribution is 6.33. The van der Waals surface area contributed by atoms with E-state index in [0.717, 1.165) is 12.8 Å². The molecule has 106 valence electrons. The van der Waals surface area contributed by atoms with Crippen LogP contribution in [0.5, 0.6) is 0 Å². The Labute approximate surface area is 124 Å². The van der Waals surface area contributed by atoms with Gasteiger partial charge >= 0.3 is 0 Å². The molecule has 0 spiro atoms. The number of aliphatic hydroxyl groups is 1. The molecule has 2 aliphatic rings. The van der Waals surface area contributed by atoms with E-state index in [1.54, 1.807) is 10.9 Å². The summed E-state index contributed by atoms with van der Waals surface area (Å²) in [6, 6.07) is 0. The number of hydrogen-bond acceptors (Lipinski definition) is 5. The largest absolute Gasteiger partial charge is 0.394 e. The Hall–Kier alpha value is -0.950. The molecule has 1 saturated carbocycles. The summed E-state index contributed by atoms with van der Waals surface area (Å²) in [7, 11) is 0. The molecule has 0 unspecified atom stereocenters. The van der Waals surface area contributed by atoms with Crippen LogP contribution in [0, 0.1) is 5.92 Å². The Balaban J connectivity index is 1.82. The van der Waals surface area contributed by atoms with E-state index >= 15 is 0 Å². The van der Waals surface area contributed by atoms with E-state index in [2.05, 4.69) is 15.0 Å². The summed E-state index contributed by atoms with van der Waals surface area (Å²) in [5.41, 5.74) is 1.13. The summed E-state index contributed by atoms with van der Waals surface area (Å²) < 4.78 is 7.72. The van der Waals surface area contributed by atoms with Crippen molar-refractivity contribution in [2.75, 3.05) is 6.61 Å². The SMILES string of the molecule is OC[C@H]1O[C@@H](n2cnc3c(Cl)ncnc32)[C@]2(Cl)CC[C@H]12. The number of aromatic nitrogens is 4. The summed E-state index contributed by atoms with van der Waals surface area (Å²) >= 11 is 12.7. The van der Waals surface area contributed by atoms with Crippen LogP contribution in [0.2, 0.25) is 5.15 Å². The number of fused-ring (bicyclic) bond motifs is 2. The highest BCUT2D eigenvalue weighted by atomic mass is 35.5. The minimum absolute atomic E-state index is 0.0298. The molecule has 1 aliphatic heterocycles.